The summed E-state index contributed by atoms with van der Waals surface area (Å²) in [4.78, 5) is 19.7. The standard InChI is InChI=1S/C22H23N5O4S/c1-30-15-5-2-4-14(12-15)17(26-9-7-13(8-10-26)19(23)28)18-21(29)27-22(32-18)24-20(25-27)16-6-3-11-31-16/h2-6,11-13,17,29H,7-10H2,1H3,(H2,23,28)/t17-/m0/s1. The Balaban J connectivity index is 1.55. The number of benzene rings is 1. The zero-order chi connectivity index (χ0) is 22.2. The number of fused-ring (bicyclic) bond motifs is 1. The predicted molar refractivity (Wildman–Crippen MR) is 119 cm³/mol. The summed E-state index contributed by atoms with van der Waals surface area (Å²) >= 11 is 1.38. The molecule has 4 aromatic rings. The Labute approximate surface area is 188 Å². The molecule has 0 unspecified atom stereocenters. The van der Waals surface area contributed by atoms with Crippen molar-refractivity contribution in [3.8, 4) is 23.2 Å². The van der Waals surface area contributed by atoms with Crippen molar-refractivity contribution in [2.45, 2.75) is 18.9 Å². The van der Waals surface area contributed by atoms with Gasteiger partial charge in [0.25, 0.3) is 0 Å². The van der Waals surface area contributed by atoms with Gasteiger partial charge >= 0.3 is 0 Å². The monoisotopic (exact) mass is 453 g/mol. The summed E-state index contributed by atoms with van der Waals surface area (Å²) in [5.41, 5.74) is 6.50. The summed E-state index contributed by atoms with van der Waals surface area (Å²) in [6.45, 7) is 1.36. The number of ether oxygens (including phenoxy) is 1. The van der Waals surface area contributed by atoms with Gasteiger partial charge in [-0.3, -0.25) is 9.69 Å². The van der Waals surface area contributed by atoms with Crippen LogP contribution in [0.5, 0.6) is 11.6 Å². The molecule has 1 amide bonds. The Hall–Kier alpha value is -3.37. The largest absolute Gasteiger partial charge is 0.497 e. The molecule has 5 rings (SSSR count). The van der Waals surface area contributed by atoms with Gasteiger partial charge in [-0.05, 0) is 55.8 Å². The quantitative estimate of drug-likeness (QED) is 0.460. The third-order valence-corrected chi connectivity index (χ3v) is 6.97. The SMILES string of the molecule is COc1cccc([C@@H](c2sc3nc(-c4ccco4)nn3c2O)N2CCC(C(N)=O)CC2)c1. The number of hydrogen-bond acceptors (Lipinski definition) is 8. The van der Waals surface area contributed by atoms with E-state index in [0.717, 1.165) is 16.2 Å². The number of aromatic hydroxyl groups is 1. The summed E-state index contributed by atoms with van der Waals surface area (Å²) in [6.07, 6.45) is 2.92. The molecule has 0 radical (unpaired) electrons. The molecule has 1 fully saturated rings. The van der Waals surface area contributed by atoms with Crippen LogP contribution in [0.3, 0.4) is 0 Å². The molecule has 0 spiro atoms. The van der Waals surface area contributed by atoms with Crippen molar-refractivity contribution in [2.24, 2.45) is 11.7 Å². The summed E-state index contributed by atoms with van der Waals surface area (Å²) in [5.74, 6) is 1.36. The van der Waals surface area contributed by atoms with E-state index in [2.05, 4.69) is 15.0 Å². The van der Waals surface area contributed by atoms with Crippen molar-refractivity contribution in [3.63, 3.8) is 0 Å². The number of nitrogens with zero attached hydrogens (tertiary/aromatic N) is 4. The highest BCUT2D eigenvalue weighted by atomic mass is 32.1. The first kappa shape index (κ1) is 20.5. The van der Waals surface area contributed by atoms with Gasteiger partial charge in [0.1, 0.15) is 5.75 Å². The van der Waals surface area contributed by atoms with E-state index in [1.165, 1.54) is 15.9 Å². The first-order valence-corrected chi connectivity index (χ1v) is 11.2. The van der Waals surface area contributed by atoms with Gasteiger partial charge in [-0.2, -0.15) is 9.50 Å². The van der Waals surface area contributed by atoms with Crippen LogP contribution < -0.4 is 10.5 Å². The van der Waals surface area contributed by atoms with Crippen LogP contribution >= 0.6 is 11.3 Å². The number of piperidine rings is 1. The van der Waals surface area contributed by atoms with Gasteiger partial charge in [0.15, 0.2) is 5.76 Å². The van der Waals surface area contributed by atoms with Crippen molar-refractivity contribution in [3.05, 3.63) is 53.1 Å². The van der Waals surface area contributed by atoms with Gasteiger partial charge in [-0.25, -0.2) is 0 Å². The Bertz CT molecular complexity index is 1240. The number of methoxy groups -OCH3 is 1. The van der Waals surface area contributed by atoms with Crippen LogP contribution in [0.2, 0.25) is 0 Å². The third-order valence-electron chi connectivity index (χ3n) is 5.90. The molecule has 4 heterocycles. The number of thiazole rings is 1. The zero-order valence-corrected chi connectivity index (χ0v) is 18.3. The Morgan fingerprint density at radius 2 is 2.12 bits per heavy atom. The fourth-order valence-corrected chi connectivity index (χ4v) is 5.34. The summed E-state index contributed by atoms with van der Waals surface area (Å²) in [7, 11) is 1.63. The van der Waals surface area contributed by atoms with Gasteiger partial charge in [0.05, 0.1) is 24.3 Å². The second-order valence-corrected chi connectivity index (χ2v) is 8.80. The maximum absolute atomic E-state index is 11.6. The van der Waals surface area contributed by atoms with E-state index in [9.17, 15) is 9.90 Å². The molecule has 10 heteroatoms. The van der Waals surface area contributed by atoms with Gasteiger partial charge in [-0.15, -0.1) is 5.10 Å². The molecule has 1 saturated heterocycles. The number of aromatic nitrogens is 3. The molecule has 1 aliphatic heterocycles. The lowest BCUT2D eigenvalue weighted by Crippen LogP contribution is -2.40. The maximum atomic E-state index is 11.6. The van der Waals surface area contributed by atoms with Gasteiger partial charge in [0.2, 0.25) is 22.6 Å². The van der Waals surface area contributed by atoms with Crippen LogP contribution in [0.15, 0.2) is 47.1 Å². The van der Waals surface area contributed by atoms with E-state index in [-0.39, 0.29) is 23.7 Å². The van der Waals surface area contributed by atoms with Crippen LogP contribution in [-0.2, 0) is 4.79 Å². The number of rotatable bonds is 6. The Morgan fingerprint density at radius 3 is 2.78 bits per heavy atom. The number of likely N-dealkylation sites (tertiary alicyclic amines) is 1. The minimum Gasteiger partial charge on any atom is -0.497 e. The van der Waals surface area contributed by atoms with E-state index < -0.39 is 0 Å². The Morgan fingerprint density at radius 1 is 1.31 bits per heavy atom. The minimum atomic E-state index is -0.255. The van der Waals surface area contributed by atoms with Crippen molar-refractivity contribution in [2.75, 3.05) is 20.2 Å². The van der Waals surface area contributed by atoms with Gasteiger partial charge in [-0.1, -0.05) is 23.5 Å². The zero-order valence-electron chi connectivity index (χ0n) is 17.5. The number of furan rings is 1. The third kappa shape index (κ3) is 3.61. The van der Waals surface area contributed by atoms with E-state index in [1.54, 1.807) is 25.5 Å². The van der Waals surface area contributed by atoms with E-state index in [1.807, 2.05) is 24.3 Å². The lowest BCUT2D eigenvalue weighted by Gasteiger charge is -2.36. The lowest BCUT2D eigenvalue weighted by atomic mass is 9.93. The molecule has 1 aromatic carbocycles. The topological polar surface area (TPSA) is 119 Å². The molecule has 0 aliphatic carbocycles. The van der Waals surface area contributed by atoms with Crippen LogP contribution in [-0.4, -0.2) is 50.7 Å². The average molecular weight is 454 g/mol. The highest BCUT2D eigenvalue weighted by molar-refractivity contribution is 7.17. The first-order valence-electron chi connectivity index (χ1n) is 10.3. The molecule has 3 N–H and O–H groups in total. The smallest absolute Gasteiger partial charge is 0.230 e. The lowest BCUT2D eigenvalue weighted by molar-refractivity contribution is -0.123. The van der Waals surface area contributed by atoms with Crippen molar-refractivity contribution in [1.29, 1.82) is 0 Å². The number of carbonyl (C=O) groups is 1. The van der Waals surface area contributed by atoms with Crippen LogP contribution in [0.4, 0.5) is 0 Å². The van der Waals surface area contributed by atoms with Crippen LogP contribution in [0, 0.1) is 5.92 Å². The number of carbonyl (C=O) groups excluding carboxylic acids is 1. The molecule has 1 aliphatic rings. The molecule has 1 atom stereocenters. The van der Waals surface area contributed by atoms with Crippen LogP contribution in [0.25, 0.3) is 16.5 Å². The first-order chi connectivity index (χ1) is 15.5. The fraction of sp³-hybridized carbons (Fsp3) is 0.318. The minimum absolute atomic E-state index is 0.0418. The molecule has 3 aromatic heterocycles. The molecule has 9 nitrogen and oxygen atoms in total. The molecule has 0 saturated carbocycles. The highest BCUT2D eigenvalue weighted by Gasteiger charge is 2.33. The number of amides is 1. The van der Waals surface area contributed by atoms with Gasteiger partial charge < -0.3 is 20.0 Å². The van der Waals surface area contributed by atoms with E-state index in [4.69, 9.17) is 14.9 Å². The molecule has 0 bridgehead atoms. The molecule has 32 heavy (non-hydrogen) atoms. The van der Waals surface area contributed by atoms with Crippen molar-refractivity contribution < 1.29 is 19.1 Å². The summed E-state index contributed by atoms with van der Waals surface area (Å²) in [6, 6.07) is 11.1. The summed E-state index contributed by atoms with van der Waals surface area (Å²) < 4.78 is 12.3. The molecular weight excluding hydrogens is 430 g/mol. The van der Waals surface area contributed by atoms with Crippen molar-refractivity contribution in [1.82, 2.24) is 19.5 Å². The maximum Gasteiger partial charge on any atom is 0.230 e. The second-order valence-electron chi connectivity index (χ2n) is 7.79. The number of hydrogen-bond donors (Lipinski definition) is 2. The van der Waals surface area contributed by atoms with E-state index in [0.29, 0.717) is 42.5 Å². The predicted octanol–water partition coefficient (Wildman–Crippen LogP) is 3.05. The Kier molecular flexibility index (Phi) is 5.32. The van der Waals surface area contributed by atoms with E-state index >= 15 is 0 Å². The molecular formula is C22H23N5O4S. The highest BCUT2D eigenvalue weighted by Crippen LogP contribution is 2.42. The fourth-order valence-electron chi connectivity index (χ4n) is 4.22. The summed E-state index contributed by atoms with van der Waals surface area (Å²) in [5, 5.41) is 15.6. The number of nitrogens with two attached hydrogens (primary N) is 1. The normalized spacial score (nSPS) is 16.4. The van der Waals surface area contributed by atoms with Gasteiger partial charge in [0, 0.05) is 5.92 Å². The average Bonchev–Trinajstić information content (AvgIpc) is 3.53. The molecule has 166 valence electrons. The second kappa shape index (κ2) is 8.29. The van der Waals surface area contributed by atoms with Crippen LogP contribution in [0.1, 0.15) is 29.3 Å². The van der Waals surface area contributed by atoms with Crippen molar-refractivity contribution >= 4 is 22.2 Å². The number of primary amides is 1.